The molecule has 0 saturated carbocycles. The SMILES string of the molecule is CC1(C)c2cc(-c3ccc(N(c4ccccc4)c4cccc5ccccc45)cc3)ccc2-c2ccc(-c3ccc4c(c3)c3ccccc3n4-c3cccc4c3oc3ccccc34)cc21. The Morgan fingerprint density at radius 2 is 0.969 bits per heavy atom. The maximum absolute atomic E-state index is 6.55. The molecule has 13 rings (SSSR count). The number of furan rings is 1. The fourth-order valence-corrected chi connectivity index (χ4v) is 10.6. The number of nitrogens with zero attached hydrogens (tertiary/aromatic N) is 2. The Labute approximate surface area is 371 Å². The molecule has 0 radical (unpaired) electrons. The lowest BCUT2D eigenvalue weighted by Crippen LogP contribution is -2.15. The van der Waals surface area contributed by atoms with E-state index in [-0.39, 0.29) is 5.41 Å². The molecule has 0 spiro atoms. The van der Waals surface area contributed by atoms with Gasteiger partial charge in [0, 0.05) is 43.7 Å². The molecule has 302 valence electrons. The number of aromatic nitrogens is 1. The van der Waals surface area contributed by atoms with Crippen molar-refractivity contribution < 1.29 is 4.42 Å². The van der Waals surface area contributed by atoms with Crippen LogP contribution in [0.5, 0.6) is 0 Å². The summed E-state index contributed by atoms with van der Waals surface area (Å²) in [6.45, 7) is 4.76. The van der Waals surface area contributed by atoms with Gasteiger partial charge in [0.05, 0.1) is 22.4 Å². The van der Waals surface area contributed by atoms with Gasteiger partial charge in [-0.05, 0) is 123 Å². The molecule has 2 aromatic heterocycles. The summed E-state index contributed by atoms with van der Waals surface area (Å²) in [5.41, 5.74) is 18.6. The van der Waals surface area contributed by atoms with Crippen LogP contribution in [0.15, 0.2) is 223 Å². The fourth-order valence-electron chi connectivity index (χ4n) is 10.6. The standard InChI is InChI=1S/C61H42N2O/c1-61(2)53-37-42(39-26-31-45(32-27-39)62(44-16-4-3-5-17-44)55-23-12-15-40-14-6-7-18-46(40)55)28-33-47(53)48-34-29-43(38-54(48)61)41-30-35-57-52(36-41)49-19-8-10-22-56(49)63(57)58-24-13-21-51-50-20-9-11-25-59(50)64-60(51)58/h3-38H,1-2H3. The van der Waals surface area contributed by atoms with Crippen LogP contribution in [-0.4, -0.2) is 4.57 Å². The van der Waals surface area contributed by atoms with Gasteiger partial charge in [-0.15, -0.1) is 0 Å². The van der Waals surface area contributed by atoms with Crippen molar-refractivity contribution in [2.75, 3.05) is 4.90 Å². The minimum atomic E-state index is -0.180. The zero-order chi connectivity index (χ0) is 42.5. The molecule has 0 N–H and O–H groups in total. The summed E-state index contributed by atoms with van der Waals surface area (Å²) >= 11 is 0. The van der Waals surface area contributed by atoms with Crippen LogP contribution in [0.4, 0.5) is 17.1 Å². The summed E-state index contributed by atoms with van der Waals surface area (Å²) in [5, 5.41) is 7.17. The van der Waals surface area contributed by atoms with Gasteiger partial charge in [-0.3, -0.25) is 0 Å². The second kappa shape index (κ2) is 13.9. The molecule has 2 heterocycles. The van der Waals surface area contributed by atoms with Crippen molar-refractivity contribution in [2.24, 2.45) is 0 Å². The van der Waals surface area contributed by atoms with E-state index in [2.05, 4.69) is 236 Å². The summed E-state index contributed by atoms with van der Waals surface area (Å²) in [5.74, 6) is 0. The van der Waals surface area contributed by atoms with Crippen molar-refractivity contribution in [2.45, 2.75) is 19.3 Å². The van der Waals surface area contributed by atoms with E-state index in [0.717, 1.165) is 55.7 Å². The van der Waals surface area contributed by atoms with Crippen molar-refractivity contribution in [3.63, 3.8) is 0 Å². The molecule has 1 aliphatic carbocycles. The molecule has 0 saturated heterocycles. The monoisotopic (exact) mass is 818 g/mol. The lowest BCUT2D eigenvalue weighted by atomic mass is 9.81. The molecule has 0 aliphatic heterocycles. The zero-order valence-electron chi connectivity index (χ0n) is 35.6. The lowest BCUT2D eigenvalue weighted by Gasteiger charge is -2.27. The average Bonchev–Trinajstić information content (AvgIpc) is 3.97. The lowest BCUT2D eigenvalue weighted by molar-refractivity contribution is 0.661. The molecule has 0 amide bonds. The second-order valence-electron chi connectivity index (χ2n) is 17.7. The summed E-state index contributed by atoms with van der Waals surface area (Å²) in [7, 11) is 0. The second-order valence-corrected chi connectivity index (χ2v) is 17.7. The molecule has 10 aromatic carbocycles. The van der Waals surface area contributed by atoms with Crippen LogP contribution in [0.2, 0.25) is 0 Å². The first-order valence-electron chi connectivity index (χ1n) is 22.2. The highest BCUT2D eigenvalue weighted by Crippen LogP contribution is 2.51. The predicted octanol–water partition coefficient (Wildman–Crippen LogP) is 16.9. The summed E-state index contributed by atoms with van der Waals surface area (Å²) < 4.78 is 8.92. The fraction of sp³-hybridized carbons (Fsp3) is 0.0492. The average molecular weight is 819 g/mol. The summed E-state index contributed by atoms with van der Waals surface area (Å²) in [4.78, 5) is 2.37. The Balaban J connectivity index is 0.854. The Morgan fingerprint density at radius 1 is 0.406 bits per heavy atom. The van der Waals surface area contributed by atoms with E-state index in [0.29, 0.717) is 0 Å². The third-order valence-corrected chi connectivity index (χ3v) is 13.8. The van der Waals surface area contributed by atoms with Gasteiger partial charge in [0.15, 0.2) is 5.58 Å². The van der Waals surface area contributed by atoms with Crippen LogP contribution in [0.25, 0.3) is 93.6 Å². The van der Waals surface area contributed by atoms with Crippen LogP contribution in [0, 0.1) is 0 Å². The van der Waals surface area contributed by atoms with E-state index in [1.807, 2.05) is 6.07 Å². The minimum absolute atomic E-state index is 0.180. The van der Waals surface area contributed by atoms with Gasteiger partial charge >= 0.3 is 0 Å². The third-order valence-electron chi connectivity index (χ3n) is 13.8. The molecule has 0 fully saturated rings. The molecule has 0 atom stereocenters. The molecule has 12 aromatic rings. The van der Waals surface area contributed by atoms with E-state index in [9.17, 15) is 0 Å². The van der Waals surface area contributed by atoms with Crippen molar-refractivity contribution in [3.8, 4) is 39.1 Å². The maximum Gasteiger partial charge on any atom is 0.159 e. The first kappa shape index (κ1) is 36.5. The van der Waals surface area contributed by atoms with E-state index in [1.54, 1.807) is 0 Å². The van der Waals surface area contributed by atoms with Crippen molar-refractivity contribution >= 4 is 71.6 Å². The van der Waals surface area contributed by atoms with Crippen LogP contribution in [0.1, 0.15) is 25.0 Å². The highest BCUT2D eigenvalue weighted by Gasteiger charge is 2.36. The van der Waals surface area contributed by atoms with Crippen molar-refractivity contribution in [1.82, 2.24) is 4.57 Å². The smallest absolute Gasteiger partial charge is 0.159 e. The molecule has 0 unspecified atom stereocenters. The van der Waals surface area contributed by atoms with Gasteiger partial charge in [0.25, 0.3) is 0 Å². The number of benzene rings is 10. The molecule has 0 bridgehead atoms. The van der Waals surface area contributed by atoms with E-state index < -0.39 is 0 Å². The van der Waals surface area contributed by atoms with Gasteiger partial charge in [0.1, 0.15) is 5.58 Å². The quantitative estimate of drug-likeness (QED) is 0.167. The molecule has 64 heavy (non-hydrogen) atoms. The molecular formula is C61H42N2O. The molecular weight excluding hydrogens is 777 g/mol. The van der Waals surface area contributed by atoms with Crippen LogP contribution >= 0.6 is 0 Å². The van der Waals surface area contributed by atoms with Crippen molar-refractivity contribution in [1.29, 1.82) is 0 Å². The van der Waals surface area contributed by atoms with Gasteiger partial charge < -0.3 is 13.9 Å². The summed E-state index contributed by atoms with van der Waals surface area (Å²) in [6.07, 6.45) is 0. The number of hydrogen-bond donors (Lipinski definition) is 0. The minimum Gasteiger partial charge on any atom is -0.454 e. The highest BCUT2D eigenvalue weighted by molar-refractivity contribution is 6.13. The van der Waals surface area contributed by atoms with Gasteiger partial charge in [-0.2, -0.15) is 0 Å². The predicted molar refractivity (Wildman–Crippen MR) is 269 cm³/mol. The Kier molecular flexibility index (Phi) is 7.95. The number of hydrogen-bond acceptors (Lipinski definition) is 2. The van der Waals surface area contributed by atoms with E-state index in [1.165, 1.54) is 66.1 Å². The van der Waals surface area contributed by atoms with Crippen LogP contribution in [0.3, 0.4) is 0 Å². The summed E-state index contributed by atoms with van der Waals surface area (Å²) in [6, 6.07) is 79.6. The van der Waals surface area contributed by atoms with Gasteiger partial charge in [-0.25, -0.2) is 0 Å². The van der Waals surface area contributed by atoms with E-state index in [4.69, 9.17) is 4.42 Å². The van der Waals surface area contributed by atoms with Gasteiger partial charge in [0.2, 0.25) is 0 Å². The maximum atomic E-state index is 6.55. The Morgan fingerprint density at radius 3 is 1.77 bits per heavy atom. The Bertz CT molecular complexity index is 3810. The van der Waals surface area contributed by atoms with Crippen molar-refractivity contribution in [3.05, 3.63) is 230 Å². The Hall–Kier alpha value is -8.14. The number of para-hydroxylation sites is 4. The molecule has 1 aliphatic rings. The van der Waals surface area contributed by atoms with Gasteiger partial charge in [-0.1, -0.05) is 159 Å². The number of fused-ring (bicyclic) bond motifs is 10. The normalized spacial score (nSPS) is 13.0. The third kappa shape index (κ3) is 5.47. The largest absolute Gasteiger partial charge is 0.454 e. The van der Waals surface area contributed by atoms with E-state index >= 15 is 0 Å². The zero-order valence-corrected chi connectivity index (χ0v) is 35.6. The molecule has 3 nitrogen and oxygen atoms in total. The van der Waals surface area contributed by atoms with Crippen LogP contribution < -0.4 is 4.90 Å². The molecule has 3 heteroatoms. The first-order chi connectivity index (χ1) is 31.5. The van der Waals surface area contributed by atoms with Crippen LogP contribution in [-0.2, 0) is 5.41 Å². The highest BCUT2D eigenvalue weighted by atomic mass is 16.3. The number of rotatable bonds is 6. The first-order valence-corrected chi connectivity index (χ1v) is 22.2. The topological polar surface area (TPSA) is 21.3 Å². The number of anilines is 3.